The quantitative estimate of drug-likeness (QED) is 0.208. The van der Waals surface area contributed by atoms with Crippen LogP contribution in [0.25, 0.3) is 0 Å². The second kappa shape index (κ2) is 14.9. The van der Waals surface area contributed by atoms with Crippen molar-refractivity contribution >= 4 is 52.2 Å². The molecule has 0 spiro atoms. The van der Waals surface area contributed by atoms with Crippen molar-refractivity contribution in [3.63, 3.8) is 0 Å². The van der Waals surface area contributed by atoms with Crippen molar-refractivity contribution in [2.45, 2.75) is 32.6 Å². The largest absolute Gasteiger partial charge is 0.382 e. The molecule has 3 aromatic carbocycles. The number of nitrogens with zero attached hydrogens (tertiary/aromatic N) is 1. The average Bonchev–Trinajstić information content (AvgIpc) is 2.96. The maximum Gasteiger partial charge on any atom is 0.323 e. The lowest BCUT2D eigenvalue weighted by atomic mass is 9.89. The smallest absolute Gasteiger partial charge is 0.323 e. The summed E-state index contributed by atoms with van der Waals surface area (Å²) in [5.41, 5.74) is 3.65. The molecular weight excluding hydrogens is 547 g/mol. The summed E-state index contributed by atoms with van der Waals surface area (Å²) in [5, 5.41) is 9.14. The topological polar surface area (TPSA) is 82.7 Å². The lowest BCUT2D eigenvalue weighted by Crippen LogP contribution is -2.36. The summed E-state index contributed by atoms with van der Waals surface area (Å²) in [5.74, 6) is 0.428. The van der Waals surface area contributed by atoms with Crippen molar-refractivity contribution in [2.75, 3.05) is 48.4 Å². The van der Waals surface area contributed by atoms with Gasteiger partial charge in [-0.2, -0.15) is 0 Å². The van der Waals surface area contributed by atoms with Gasteiger partial charge in [0.1, 0.15) is 0 Å². The Balaban J connectivity index is 1.45. The van der Waals surface area contributed by atoms with E-state index in [4.69, 9.17) is 27.9 Å². The highest BCUT2D eigenvalue weighted by atomic mass is 35.5. The van der Waals surface area contributed by atoms with E-state index >= 15 is 0 Å². The molecule has 3 amide bonds. The van der Waals surface area contributed by atoms with Crippen LogP contribution in [0.5, 0.6) is 0 Å². The first-order valence-corrected chi connectivity index (χ1v) is 14.5. The fraction of sp³-hybridized carbons (Fsp3) is 0.355. The molecule has 7 nitrogen and oxygen atoms in total. The first kappa shape index (κ1) is 29.7. The molecule has 0 bridgehead atoms. The number of rotatable bonds is 11. The van der Waals surface area contributed by atoms with Gasteiger partial charge in [-0.25, -0.2) is 4.79 Å². The summed E-state index contributed by atoms with van der Waals surface area (Å²) in [6, 6.07) is 20.6. The Morgan fingerprint density at radius 1 is 0.975 bits per heavy atom. The molecule has 1 aliphatic rings. The lowest BCUT2D eigenvalue weighted by molar-refractivity contribution is 0.0944. The second-order valence-electron chi connectivity index (χ2n) is 9.84. The molecule has 0 atom stereocenters. The van der Waals surface area contributed by atoms with Gasteiger partial charge < -0.3 is 25.6 Å². The Kier molecular flexibility index (Phi) is 11.1. The monoisotopic (exact) mass is 582 g/mol. The van der Waals surface area contributed by atoms with Crippen LogP contribution in [-0.2, 0) is 11.2 Å². The zero-order chi connectivity index (χ0) is 28.3. The van der Waals surface area contributed by atoms with E-state index in [2.05, 4.69) is 45.1 Å². The Morgan fingerprint density at radius 3 is 2.50 bits per heavy atom. The Hall–Kier alpha value is -3.26. The summed E-state index contributed by atoms with van der Waals surface area (Å²) in [6.07, 6.45) is 3.89. The van der Waals surface area contributed by atoms with Gasteiger partial charge in [-0.3, -0.25) is 4.79 Å². The Morgan fingerprint density at radius 2 is 1.75 bits per heavy atom. The number of carbonyl (C=O) groups excluding carboxylic acids is 2. The van der Waals surface area contributed by atoms with Crippen LogP contribution < -0.4 is 20.9 Å². The molecule has 0 radical (unpaired) electrons. The molecule has 212 valence electrons. The van der Waals surface area contributed by atoms with Gasteiger partial charge >= 0.3 is 6.03 Å². The molecule has 0 unspecified atom stereocenters. The number of urea groups is 1. The molecule has 4 rings (SSSR count). The molecule has 40 heavy (non-hydrogen) atoms. The normalized spacial score (nSPS) is 13.6. The predicted molar refractivity (Wildman–Crippen MR) is 164 cm³/mol. The maximum atomic E-state index is 13.3. The molecule has 0 saturated carbocycles. The van der Waals surface area contributed by atoms with Gasteiger partial charge in [0.25, 0.3) is 5.91 Å². The number of amides is 3. The molecule has 1 saturated heterocycles. The fourth-order valence-corrected chi connectivity index (χ4v) is 5.25. The van der Waals surface area contributed by atoms with Crippen LogP contribution in [0.3, 0.4) is 0 Å². The summed E-state index contributed by atoms with van der Waals surface area (Å²) >= 11 is 12.3. The van der Waals surface area contributed by atoms with Crippen molar-refractivity contribution in [2.24, 2.45) is 5.92 Å². The Labute approximate surface area is 246 Å². The van der Waals surface area contributed by atoms with E-state index in [9.17, 15) is 9.59 Å². The zero-order valence-electron chi connectivity index (χ0n) is 22.7. The van der Waals surface area contributed by atoms with Crippen LogP contribution in [0.2, 0.25) is 10.0 Å². The zero-order valence-corrected chi connectivity index (χ0v) is 24.2. The number of benzene rings is 3. The van der Waals surface area contributed by atoms with Crippen molar-refractivity contribution in [3.05, 3.63) is 87.9 Å². The van der Waals surface area contributed by atoms with E-state index in [1.165, 1.54) is 5.56 Å². The van der Waals surface area contributed by atoms with Crippen LogP contribution in [-0.4, -0.2) is 44.8 Å². The average molecular weight is 584 g/mol. The number of piperidine rings is 1. The number of hydrogen-bond acceptors (Lipinski definition) is 4. The number of nitrogens with one attached hydrogen (secondary N) is 3. The number of ether oxygens (including phenoxy) is 1. The molecule has 3 N–H and O–H groups in total. The molecule has 0 aromatic heterocycles. The highest BCUT2D eigenvalue weighted by molar-refractivity contribution is 6.44. The number of carbonyl (C=O) groups is 2. The summed E-state index contributed by atoms with van der Waals surface area (Å²) in [7, 11) is 0. The number of halogens is 2. The SMILES string of the molecule is CCOCCCNC(=O)c1cc(NC(=O)Nc2cccc(Cl)c2Cl)ccc1N1CCC(Cc2ccccc2)CC1. The van der Waals surface area contributed by atoms with Gasteiger partial charge in [0.2, 0.25) is 0 Å². The molecule has 1 aliphatic heterocycles. The first-order chi connectivity index (χ1) is 19.4. The first-order valence-electron chi connectivity index (χ1n) is 13.8. The summed E-state index contributed by atoms with van der Waals surface area (Å²) in [4.78, 5) is 28.3. The molecule has 3 aromatic rings. The molecule has 1 fully saturated rings. The molecular formula is C31H36Cl2N4O3. The van der Waals surface area contributed by atoms with E-state index in [0.717, 1.165) is 44.5 Å². The van der Waals surface area contributed by atoms with Gasteiger partial charge in [0.05, 0.1) is 21.3 Å². The van der Waals surface area contributed by atoms with Crippen LogP contribution in [0.1, 0.15) is 42.1 Å². The third kappa shape index (κ3) is 8.37. The lowest BCUT2D eigenvalue weighted by Gasteiger charge is -2.35. The highest BCUT2D eigenvalue weighted by Gasteiger charge is 2.24. The van der Waals surface area contributed by atoms with Crippen LogP contribution >= 0.6 is 23.2 Å². The summed E-state index contributed by atoms with van der Waals surface area (Å²) < 4.78 is 5.39. The standard InChI is InChI=1S/C31H36Cl2N4O3/c1-2-40-19-7-16-34-30(38)25-21-24(35-31(39)36-27-11-6-10-26(32)29(27)33)12-13-28(25)37-17-14-23(15-18-37)20-22-8-4-3-5-9-22/h3-6,8-13,21,23H,2,7,14-20H2,1H3,(H,34,38)(H2,35,36,39). The van der Waals surface area contributed by atoms with E-state index in [1.54, 1.807) is 24.3 Å². The van der Waals surface area contributed by atoms with Gasteiger partial charge in [0, 0.05) is 44.2 Å². The minimum absolute atomic E-state index is 0.181. The van der Waals surface area contributed by atoms with Crippen molar-refractivity contribution in [1.82, 2.24) is 5.32 Å². The number of anilines is 3. The Bertz CT molecular complexity index is 1280. The predicted octanol–water partition coefficient (Wildman–Crippen LogP) is 7.25. The highest BCUT2D eigenvalue weighted by Crippen LogP contribution is 2.31. The molecule has 0 aliphatic carbocycles. The second-order valence-corrected chi connectivity index (χ2v) is 10.6. The van der Waals surface area contributed by atoms with Crippen LogP contribution in [0.4, 0.5) is 21.9 Å². The maximum absolute atomic E-state index is 13.3. The van der Waals surface area contributed by atoms with E-state index < -0.39 is 6.03 Å². The minimum Gasteiger partial charge on any atom is -0.382 e. The van der Waals surface area contributed by atoms with Gasteiger partial charge in [-0.1, -0.05) is 59.6 Å². The fourth-order valence-electron chi connectivity index (χ4n) is 4.90. The van der Waals surface area contributed by atoms with Crippen LogP contribution in [0.15, 0.2) is 66.7 Å². The van der Waals surface area contributed by atoms with Crippen molar-refractivity contribution < 1.29 is 14.3 Å². The van der Waals surface area contributed by atoms with E-state index in [0.29, 0.717) is 47.6 Å². The van der Waals surface area contributed by atoms with Gasteiger partial charge in [-0.05, 0) is 74.4 Å². The third-order valence-electron chi connectivity index (χ3n) is 6.98. The minimum atomic E-state index is -0.485. The van der Waals surface area contributed by atoms with E-state index in [1.807, 2.05) is 25.1 Å². The van der Waals surface area contributed by atoms with Crippen LogP contribution in [0, 0.1) is 5.92 Å². The molecule has 9 heteroatoms. The summed E-state index contributed by atoms with van der Waals surface area (Å²) in [6.45, 7) is 5.41. The third-order valence-corrected chi connectivity index (χ3v) is 7.80. The van der Waals surface area contributed by atoms with Gasteiger partial charge in [0.15, 0.2) is 0 Å². The van der Waals surface area contributed by atoms with E-state index in [-0.39, 0.29) is 10.9 Å². The van der Waals surface area contributed by atoms with Crippen molar-refractivity contribution in [1.29, 1.82) is 0 Å². The van der Waals surface area contributed by atoms with Crippen molar-refractivity contribution in [3.8, 4) is 0 Å². The molecule has 1 heterocycles. The van der Waals surface area contributed by atoms with Gasteiger partial charge in [-0.15, -0.1) is 0 Å². The number of hydrogen-bond donors (Lipinski definition) is 3.